The number of halogens is 2. The predicted octanol–water partition coefficient (Wildman–Crippen LogP) is 3.86. The Morgan fingerprint density at radius 1 is 1.26 bits per heavy atom. The minimum absolute atomic E-state index is 0. The van der Waals surface area contributed by atoms with Gasteiger partial charge in [-0.15, -0.1) is 0 Å². The molecule has 1 aromatic carbocycles. The molecule has 19 heavy (non-hydrogen) atoms. The van der Waals surface area contributed by atoms with Crippen LogP contribution < -0.4 is 0 Å². The maximum Gasteiger partial charge on any atom is 2.00 e. The molecule has 0 aliphatic rings. The van der Waals surface area contributed by atoms with Crippen LogP contribution in [-0.2, 0) is 17.1 Å². The summed E-state index contributed by atoms with van der Waals surface area (Å²) in [6.07, 6.45) is 3.05. The van der Waals surface area contributed by atoms with E-state index in [1.165, 1.54) is 12.3 Å². The minimum atomic E-state index is 0. The van der Waals surface area contributed by atoms with Crippen LogP contribution in [0.15, 0.2) is 41.6 Å². The Kier molecular flexibility index (Phi) is 6.12. The molecule has 0 aliphatic carbocycles. The van der Waals surface area contributed by atoms with Crippen LogP contribution in [0.2, 0.25) is 10.0 Å². The number of benzene rings is 1. The molecule has 2 rings (SSSR count). The van der Waals surface area contributed by atoms with Crippen LogP contribution in [0.1, 0.15) is 5.56 Å². The zero-order chi connectivity index (χ0) is 13.0. The van der Waals surface area contributed by atoms with Crippen molar-refractivity contribution in [3.05, 3.63) is 57.6 Å². The minimum Gasteiger partial charge on any atom is -0.592 e. The van der Waals surface area contributed by atoms with Crippen molar-refractivity contribution in [2.24, 2.45) is 5.10 Å². The summed E-state index contributed by atoms with van der Waals surface area (Å²) in [6.45, 7) is 0. The smallest absolute Gasteiger partial charge is 0.592 e. The Balaban J connectivity index is 0.00000180. The van der Waals surface area contributed by atoms with Crippen LogP contribution in [0, 0.1) is 0 Å². The van der Waals surface area contributed by atoms with Gasteiger partial charge in [0.05, 0.1) is 5.56 Å². The monoisotopic (exact) mass is 344 g/mol. The average molecular weight is 346 g/mol. The molecule has 0 bridgehead atoms. The van der Waals surface area contributed by atoms with Crippen molar-refractivity contribution in [2.45, 2.75) is 0 Å². The first-order chi connectivity index (χ1) is 8.66. The predicted molar refractivity (Wildman–Crippen MR) is 74.4 cm³/mol. The Hall–Kier alpha value is -1.26. The van der Waals surface area contributed by atoms with Gasteiger partial charge in [0.15, 0.2) is 0 Å². The largest absolute Gasteiger partial charge is 2.00 e. The van der Waals surface area contributed by atoms with Crippen LogP contribution >= 0.6 is 23.2 Å². The Bertz CT molecular complexity index is 579. The molecule has 7 heteroatoms. The summed E-state index contributed by atoms with van der Waals surface area (Å²) >= 11 is 11.7. The number of hydrogen-bond donors (Lipinski definition) is 0. The third-order valence-electron chi connectivity index (χ3n) is 2.09. The van der Waals surface area contributed by atoms with Gasteiger partial charge in [-0.1, -0.05) is 47.6 Å². The van der Waals surface area contributed by atoms with E-state index in [1.54, 1.807) is 24.4 Å². The first-order valence-corrected chi connectivity index (χ1v) is 5.78. The fourth-order valence-corrected chi connectivity index (χ4v) is 1.77. The maximum atomic E-state index is 7.74. The SMILES string of the molecule is [Cu+2].[OH2+]c1c(Cl)cc(Cl)cc1C=N[N-]c1ccccn1. The fraction of sp³-hybridized carbons (Fsp3) is 0. The molecule has 0 saturated heterocycles. The van der Waals surface area contributed by atoms with E-state index in [-0.39, 0.29) is 27.8 Å². The Labute approximate surface area is 130 Å². The summed E-state index contributed by atoms with van der Waals surface area (Å²) < 4.78 is 0. The van der Waals surface area contributed by atoms with Gasteiger partial charge in [-0.25, -0.2) is 0 Å². The van der Waals surface area contributed by atoms with Gasteiger partial charge in [0.1, 0.15) is 5.02 Å². The summed E-state index contributed by atoms with van der Waals surface area (Å²) in [7, 11) is 0. The van der Waals surface area contributed by atoms with Crippen molar-refractivity contribution < 1.29 is 22.2 Å². The Morgan fingerprint density at radius 2 is 2.05 bits per heavy atom. The molecular formula is C12H9Cl2CuN3O+2. The van der Waals surface area contributed by atoms with Gasteiger partial charge >= 0.3 is 17.1 Å². The third kappa shape index (κ3) is 4.40. The maximum absolute atomic E-state index is 7.74. The molecule has 0 spiro atoms. The molecule has 1 aromatic heterocycles. The summed E-state index contributed by atoms with van der Waals surface area (Å²) in [5, 5.41) is 12.3. The summed E-state index contributed by atoms with van der Waals surface area (Å²) in [4.78, 5) is 3.99. The van der Waals surface area contributed by atoms with Crippen LogP contribution in [0.3, 0.4) is 0 Å². The van der Waals surface area contributed by atoms with E-state index in [4.69, 9.17) is 28.3 Å². The van der Waals surface area contributed by atoms with Crippen LogP contribution in [0.4, 0.5) is 5.82 Å². The summed E-state index contributed by atoms with van der Waals surface area (Å²) in [5.41, 5.74) is 4.40. The molecule has 2 aromatic rings. The standard InChI is InChI=1S/C12H8Cl2N3O.Cu/c13-9-5-8(12(18)10(14)6-9)7-16-17-11-3-1-2-4-15-11;/h1-7H,(H-,15,16,17,18);/q-1;+2/p+1. The molecular weight excluding hydrogens is 337 g/mol. The molecule has 0 atom stereocenters. The third-order valence-corrected chi connectivity index (χ3v) is 2.61. The van der Waals surface area contributed by atoms with E-state index in [0.29, 0.717) is 16.4 Å². The summed E-state index contributed by atoms with van der Waals surface area (Å²) in [5.74, 6) is 0.662. The topological polar surface area (TPSA) is 62.2 Å². The number of rotatable bonds is 3. The number of nitrogens with zero attached hydrogens (tertiary/aromatic N) is 3. The van der Waals surface area contributed by atoms with E-state index in [2.05, 4.69) is 15.5 Å². The molecule has 1 radical (unpaired) electrons. The quantitative estimate of drug-likeness (QED) is 0.360. The van der Waals surface area contributed by atoms with Gasteiger partial charge < -0.3 is 15.5 Å². The van der Waals surface area contributed by atoms with Crippen molar-refractivity contribution in [1.82, 2.24) is 4.98 Å². The number of aromatic nitrogens is 1. The first-order valence-electron chi connectivity index (χ1n) is 5.02. The van der Waals surface area contributed by atoms with Gasteiger partial charge in [0.25, 0.3) is 5.75 Å². The molecule has 101 valence electrons. The number of pyridine rings is 1. The van der Waals surface area contributed by atoms with E-state index in [1.807, 2.05) is 6.07 Å². The molecule has 0 unspecified atom stereocenters. The fourth-order valence-electron chi connectivity index (χ4n) is 1.26. The van der Waals surface area contributed by atoms with Gasteiger partial charge in [0.2, 0.25) is 0 Å². The van der Waals surface area contributed by atoms with Crippen molar-refractivity contribution in [2.75, 3.05) is 0 Å². The number of hydrogen-bond acceptors (Lipinski definition) is 2. The van der Waals surface area contributed by atoms with E-state index < -0.39 is 0 Å². The van der Waals surface area contributed by atoms with Gasteiger partial charge in [-0.05, 0) is 18.0 Å². The average Bonchev–Trinajstić information content (AvgIpc) is 2.36. The van der Waals surface area contributed by atoms with E-state index in [9.17, 15) is 0 Å². The van der Waals surface area contributed by atoms with Crippen molar-refractivity contribution in [1.29, 1.82) is 0 Å². The van der Waals surface area contributed by atoms with Gasteiger partial charge in [-0.3, -0.25) is 5.10 Å². The van der Waals surface area contributed by atoms with E-state index >= 15 is 0 Å². The van der Waals surface area contributed by atoms with Crippen LogP contribution in [0.25, 0.3) is 5.43 Å². The van der Waals surface area contributed by atoms with Crippen LogP contribution in [-0.4, -0.2) is 16.3 Å². The molecule has 0 amide bonds. The van der Waals surface area contributed by atoms with Crippen molar-refractivity contribution in [3.8, 4) is 5.75 Å². The van der Waals surface area contributed by atoms with Crippen molar-refractivity contribution in [3.63, 3.8) is 0 Å². The molecule has 0 aliphatic heterocycles. The molecule has 4 nitrogen and oxygen atoms in total. The van der Waals surface area contributed by atoms with E-state index in [0.717, 1.165) is 0 Å². The van der Waals surface area contributed by atoms with Crippen LogP contribution in [0.5, 0.6) is 5.75 Å². The molecule has 0 fully saturated rings. The zero-order valence-electron chi connectivity index (χ0n) is 9.44. The first kappa shape index (κ1) is 15.8. The molecule has 0 saturated carbocycles. The second kappa shape index (κ2) is 7.36. The zero-order valence-corrected chi connectivity index (χ0v) is 11.9. The molecule has 1 heterocycles. The Morgan fingerprint density at radius 3 is 2.74 bits per heavy atom. The van der Waals surface area contributed by atoms with Gasteiger partial charge in [0, 0.05) is 11.2 Å². The van der Waals surface area contributed by atoms with Gasteiger partial charge in [-0.2, -0.15) is 0 Å². The second-order valence-electron chi connectivity index (χ2n) is 3.38. The normalized spacial score (nSPS) is 10.2. The van der Waals surface area contributed by atoms with Crippen molar-refractivity contribution >= 4 is 35.2 Å². The summed E-state index contributed by atoms with van der Waals surface area (Å²) in [6, 6.07) is 8.45. The second-order valence-corrected chi connectivity index (χ2v) is 4.23. The molecule has 2 N–H and O–H groups in total.